The van der Waals surface area contributed by atoms with Gasteiger partial charge in [0.2, 0.25) is 0 Å². The highest BCUT2D eigenvalue weighted by molar-refractivity contribution is 7.53. The van der Waals surface area contributed by atoms with Gasteiger partial charge in [-0.1, -0.05) is 11.6 Å². The summed E-state index contributed by atoms with van der Waals surface area (Å²) in [6.07, 6.45) is 0.128. The van der Waals surface area contributed by atoms with Gasteiger partial charge in [0.25, 0.3) is 0 Å². The first kappa shape index (κ1) is 17.4. The molecule has 1 heterocycles. The minimum absolute atomic E-state index is 0.128. The number of hydrogen-bond acceptors (Lipinski definition) is 4. The maximum absolute atomic E-state index is 12.7. The Hall–Kier alpha value is -0.930. The molecule has 22 heavy (non-hydrogen) atoms. The van der Waals surface area contributed by atoms with Crippen LogP contribution in [0.2, 0.25) is 5.15 Å². The molecule has 0 aliphatic rings. The van der Waals surface area contributed by atoms with Crippen LogP contribution < -0.4 is 0 Å². The van der Waals surface area contributed by atoms with E-state index in [1.807, 2.05) is 26.0 Å². The van der Waals surface area contributed by atoms with Crippen molar-refractivity contribution in [2.45, 2.75) is 33.9 Å². The van der Waals surface area contributed by atoms with Gasteiger partial charge in [-0.05, 0) is 57.0 Å². The smallest absolute Gasteiger partial charge is 0.309 e. The van der Waals surface area contributed by atoms with Crippen LogP contribution in [0.3, 0.4) is 0 Å². The molecule has 0 radical (unpaired) electrons. The van der Waals surface area contributed by atoms with Gasteiger partial charge in [0.05, 0.1) is 24.9 Å². The first-order chi connectivity index (χ1) is 10.4. The highest BCUT2D eigenvalue weighted by Gasteiger charge is 2.26. The molecule has 0 saturated heterocycles. The van der Waals surface area contributed by atoms with Gasteiger partial charge in [-0.3, -0.25) is 4.57 Å². The van der Waals surface area contributed by atoms with Crippen molar-refractivity contribution >= 4 is 30.1 Å². The van der Waals surface area contributed by atoms with E-state index in [9.17, 15) is 4.57 Å². The van der Waals surface area contributed by atoms with Crippen molar-refractivity contribution in [2.75, 3.05) is 13.2 Å². The second kappa shape index (κ2) is 7.10. The monoisotopic (exact) mass is 341 g/mol. The lowest BCUT2D eigenvalue weighted by Crippen LogP contribution is -2.00. The molecule has 0 atom stereocenters. The van der Waals surface area contributed by atoms with Crippen LogP contribution in [-0.4, -0.2) is 18.2 Å². The number of fused-ring (bicyclic) bond motifs is 1. The molecule has 0 bridgehead atoms. The van der Waals surface area contributed by atoms with Gasteiger partial charge >= 0.3 is 7.60 Å². The molecule has 2 rings (SSSR count). The SMILES string of the molecule is CCOP(=O)(Cc1cc2cc(C)c(C)cc2nc1Cl)OCC. The molecule has 0 saturated carbocycles. The summed E-state index contributed by atoms with van der Waals surface area (Å²) < 4.78 is 23.3. The molecule has 0 unspecified atom stereocenters. The average Bonchev–Trinajstić information content (AvgIpc) is 2.42. The molecule has 0 aliphatic heterocycles. The zero-order valence-electron chi connectivity index (χ0n) is 13.4. The van der Waals surface area contributed by atoms with Gasteiger partial charge in [-0.15, -0.1) is 0 Å². The van der Waals surface area contributed by atoms with Gasteiger partial charge in [0.1, 0.15) is 5.15 Å². The Labute approximate surface area is 136 Å². The first-order valence-electron chi connectivity index (χ1n) is 7.33. The van der Waals surface area contributed by atoms with Crippen molar-refractivity contribution in [3.05, 3.63) is 40.0 Å². The van der Waals surface area contributed by atoms with Gasteiger partial charge in [0.15, 0.2) is 0 Å². The number of aryl methyl sites for hydroxylation is 2. The predicted molar refractivity (Wildman–Crippen MR) is 90.8 cm³/mol. The van der Waals surface area contributed by atoms with Crippen LogP contribution in [0, 0.1) is 13.8 Å². The molecule has 0 N–H and O–H groups in total. The molecule has 0 aliphatic carbocycles. The minimum Gasteiger partial charge on any atom is -0.309 e. The number of benzene rings is 1. The summed E-state index contributed by atoms with van der Waals surface area (Å²) in [5.41, 5.74) is 3.86. The molecule has 2 aromatic rings. The number of rotatable bonds is 6. The van der Waals surface area contributed by atoms with Crippen molar-refractivity contribution in [2.24, 2.45) is 0 Å². The largest absolute Gasteiger partial charge is 0.335 e. The Morgan fingerprint density at radius 3 is 2.27 bits per heavy atom. The highest BCUT2D eigenvalue weighted by Crippen LogP contribution is 2.52. The molecule has 120 valence electrons. The number of pyridine rings is 1. The summed E-state index contributed by atoms with van der Waals surface area (Å²) in [4.78, 5) is 4.42. The molecule has 4 nitrogen and oxygen atoms in total. The maximum atomic E-state index is 12.7. The first-order valence-corrected chi connectivity index (χ1v) is 9.43. The standard InChI is InChI=1S/C16H21ClNO3P/c1-5-20-22(19,21-6-2)10-14-9-13-7-11(3)12(4)8-15(13)18-16(14)17/h7-9H,5-6,10H2,1-4H3. The maximum Gasteiger partial charge on any atom is 0.335 e. The van der Waals surface area contributed by atoms with Crippen LogP contribution in [0.15, 0.2) is 18.2 Å². The lowest BCUT2D eigenvalue weighted by molar-refractivity contribution is 0.219. The number of aromatic nitrogens is 1. The molecule has 1 aromatic heterocycles. The summed E-state index contributed by atoms with van der Waals surface area (Å²) in [6, 6.07) is 5.98. The number of halogens is 1. The summed E-state index contributed by atoms with van der Waals surface area (Å²) in [7, 11) is -3.19. The Bertz CT molecular complexity index is 723. The van der Waals surface area contributed by atoms with Crippen molar-refractivity contribution in [3.63, 3.8) is 0 Å². The molecule has 1 aromatic carbocycles. The van der Waals surface area contributed by atoms with Gasteiger partial charge in [0, 0.05) is 10.9 Å². The van der Waals surface area contributed by atoms with Gasteiger partial charge in [-0.25, -0.2) is 4.98 Å². The second-order valence-electron chi connectivity index (χ2n) is 5.17. The van der Waals surface area contributed by atoms with Crippen LogP contribution in [0.5, 0.6) is 0 Å². The van der Waals surface area contributed by atoms with Crippen LogP contribution in [-0.2, 0) is 19.8 Å². The lowest BCUT2D eigenvalue weighted by atomic mass is 10.1. The average molecular weight is 342 g/mol. The molecule has 0 amide bonds. The molecular weight excluding hydrogens is 321 g/mol. The number of nitrogens with zero attached hydrogens (tertiary/aromatic N) is 1. The van der Waals surface area contributed by atoms with E-state index in [1.165, 1.54) is 5.56 Å². The quantitative estimate of drug-likeness (QED) is 0.530. The van der Waals surface area contributed by atoms with Crippen LogP contribution in [0.4, 0.5) is 0 Å². The normalized spacial score (nSPS) is 12.0. The van der Waals surface area contributed by atoms with E-state index in [0.29, 0.717) is 23.9 Å². The predicted octanol–water partition coefficient (Wildman–Crippen LogP) is 5.27. The number of hydrogen-bond donors (Lipinski definition) is 0. The van der Waals surface area contributed by atoms with E-state index < -0.39 is 7.60 Å². The highest BCUT2D eigenvalue weighted by atomic mass is 35.5. The summed E-state index contributed by atoms with van der Waals surface area (Å²) in [5.74, 6) is 0. The third-order valence-corrected chi connectivity index (χ3v) is 5.83. The van der Waals surface area contributed by atoms with Crippen molar-refractivity contribution in [1.82, 2.24) is 4.98 Å². The van der Waals surface area contributed by atoms with Crippen molar-refractivity contribution < 1.29 is 13.6 Å². The zero-order chi connectivity index (χ0) is 16.3. The Morgan fingerprint density at radius 1 is 1.09 bits per heavy atom. The molecule has 6 heteroatoms. The minimum atomic E-state index is -3.19. The molecular formula is C16H21ClNO3P. The summed E-state index contributed by atoms with van der Waals surface area (Å²) in [6.45, 7) is 8.32. The van der Waals surface area contributed by atoms with Crippen molar-refractivity contribution in [3.8, 4) is 0 Å². The van der Waals surface area contributed by atoms with E-state index in [4.69, 9.17) is 20.6 Å². The Kier molecular flexibility index (Phi) is 5.62. The summed E-state index contributed by atoms with van der Waals surface area (Å²) in [5, 5.41) is 1.32. The fourth-order valence-electron chi connectivity index (χ4n) is 2.30. The molecule has 0 spiro atoms. The van der Waals surface area contributed by atoms with E-state index in [2.05, 4.69) is 11.1 Å². The second-order valence-corrected chi connectivity index (χ2v) is 7.58. The third-order valence-electron chi connectivity index (χ3n) is 3.47. The Balaban J connectivity index is 2.44. The van der Waals surface area contributed by atoms with Gasteiger partial charge in [-0.2, -0.15) is 0 Å². The fraction of sp³-hybridized carbons (Fsp3) is 0.438. The third kappa shape index (κ3) is 3.88. The van der Waals surface area contributed by atoms with E-state index in [-0.39, 0.29) is 6.16 Å². The summed E-state index contributed by atoms with van der Waals surface area (Å²) >= 11 is 6.26. The van der Waals surface area contributed by atoms with E-state index in [0.717, 1.165) is 16.5 Å². The Morgan fingerprint density at radius 2 is 1.68 bits per heavy atom. The fourth-order valence-corrected chi connectivity index (χ4v) is 4.31. The van der Waals surface area contributed by atoms with E-state index >= 15 is 0 Å². The van der Waals surface area contributed by atoms with Crippen molar-refractivity contribution in [1.29, 1.82) is 0 Å². The van der Waals surface area contributed by atoms with E-state index in [1.54, 1.807) is 13.8 Å². The van der Waals surface area contributed by atoms with Crippen LogP contribution >= 0.6 is 19.2 Å². The van der Waals surface area contributed by atoms with Crippen LogP contribution in [0.25, 0.3) is 10.9 Å². The topological polar surface area (TPSA) is 48.4 Å². The lowest BCUT2D eigenvalue weighted by Gasteiger charge is -2.17. The zero-order valence-corrected chi connectivity index (χ0v) is 15.0. The molecule has 0 fully saturated rings. The van der Waals surface area contributed by atoms with Crippen LogP contribution in [0.1, 0.15) is 30.5 Å². The van der Waals surface area contributed by atoms with Gasteiger partial charge < -0.3 is 9.05 Å².